The topological polar surface area (TPSA) is 21.3 Å². The SMILES string of the molecule is C=CC(C)(CCCOCC)CNC. The van der Waals surface area contributed by atoms with E-state index in [0.29, 0.717) is 0 Å². The van der Waals surface area contributed by atoms with Gasteiger partial charge in [0.25, 0.3) is 0 Å². The van der Waals surface area contributed by atoms with Gasteiger partial charge in [0, 0.05) is 19.8 Å². The lowest BCUT2D eigenvalue weighted by molar-refractivity contribution is 0.135. The summed E-state index contributed by atoms with van der Waals surface area (Å²) in [6.07, 6.45) is 4.28. The van der Waals surface area contributed by atoms with E-state index in [2.05, 4.69) is 18.8 Å². The van der Waals surface area contributed by atoms with Gasteiger partial charge in [0.1, 0.15) is 0 Å². The molecular formula is C11H23NO. The molecule has 0 fully saturated rings. The Labute approximate surface area is 82.4 Å². The molecule has 2 nitrogen and oxygen atoms in total. The predicted molar refractivity (Wildman–Crippen MR) is 58.0 cm³/mol. The monoisotopic (exact) mass is 185 g/mol. The molecule has 78 valence electrons. The molecule has 0 radical (unpaired) electrons. The lowest BCUT2D eigenvalue weighted by Crippen LogP contribution is -2.27. The largest absolute Gasteiger partial charge is 0.382 e. The van der Waals surface area contributed by atoms with Crippen molar-refractivity contribution in [3.63, 3.8) is 0 Å². The summed E-state index contributed by atoms with van der Waals surface area (Å²) in [5.74, 6) is 0. The zero-order valence-electron chi connectivity index (χ0n) is 9.23. The molecule has 13 heavy (non-hydrogen) atoms. The third-order valence-corrected chi connectivity index (χ3v) is 2.31. The number of hydrogen-bond donors (Lipinski definition) is 1. The van der Waals surface area contributed by atoms with Crippen LogP contribution in [0.1, 0.15) is 26.7 Å². The van der Waals surface area contributed by atoms with Gasteiger partial charge in [-0.1, -0.05) is 13.0 Å². The van der Waals surface area contributed by atoms with Crippen LogP contribution in [0.3, 0.4) is 0 Å². The summed E-state index contributed by atoms with van der Waals surface area (Å²) >= 11 is 0. The van der Waals surface area contributed by atoms with Crippen molar-refractivity contribution in [2.24, 2.45) is 5.41 Å². The van der Waals surface area contributed by atoms with E-state index in [1.165, 1.54) is 0 Å². The highest BCUT2D eigenvalue weighted by Gasteiger charge is 2.18. The van der Waals surface area contributed by atoms with Crippen molar-refractivity contribution >= 4 is 0 Å². The maximum absolute atomic E-state index is 5.30. The molecule has 0 heterocycles. The molecule has 0 aromatic heterocycles. The van der Waals surface area contributed by atoms with Crippen molar-refractivity contribution in [1.29, 1.82) is 0 Å². The van der Waals surface area contributed by atoms with Crippen LogP contribution in [0.5, 0.6) is 0 Å². The highest BCUT2D eigenvalue weighted by atomic mass is 16.5. The standard InChI is InChI=1S/C11H23NO/c1-5-11(3,10-12-4)8-7-9-13-6-2/h5,12H,1,6-10H2,2-4H3. The van der Waals surface area contributed by atoms with Crippen LogP contribution in [0.4, 0.5) is 0 Å². The lowest BCUT2D eigenvalue weighted by Gasteiger charge is -2.25. The summed E-state index contributed by atoms with van der Waals surface area (Å²) in [5, 5.41) is 3.19. The van der Waals surface area contributed by atoms with Crippen LogP contribution in [-0.4, -0.2) is 26.8 Å². The van der Waals surface area contributed by atoms with Crippen LogP contribution in [0.25, 0.3) is 0 Å². The van der Waals surface area contributed by atoms with Crippen LogP contribution in [-0.2, 0) is 4.74 Å². The summed E-state index contributed by atoms with van der Waals surface area (Å²) in [5.41, 5.74) is 0.214. The average molecular weight is 185 g/mol. The Kier molecular flexibility index (Phi) is 6.92. The molecule has 0 aromatic carbocycles. The third kappa shape index (κ3) is 5.83. The van der Waals surface area contributed by atoms with Crippen molar-refractivity contribution in [1.82, 2.24) is 5.32 Å². The Bertz CT molecular complexity index is 136. The van der Waals surface area contributed by atoms with Crippen molar-refractivity contribution < 1.29 is 4.74 Å². The summed E-state index contributed by atoms with van der Waals surface area (Å²) in [7, 11) is 1.98. The molecule has 0 aliphatic carbocycles. The third-order valence-electron chi connectivity index (χ3n) is 2.31. The van der Waals surface area contributed by atoms with Gasteiger partial charge < -0.3 is 10.1 Å². The molecule has 0 aromatic rings. The highest BCUT2D eigenvalue weighted by molar-refractivity contribution is 4.92. The molecule has 0 bridgehead atoms. The molecule has 0 saturated carbocycles. The summed E-state index contributed by atoms with van der Waals surface area (Å²) < 4.78 is 5.30. The van der Waals surface area contributed by atoms with Crippen LogP contribution < -0.4 is 5.32 Å². The Hall–Kier alpha value is -0.340. The summed E-state index contributed by atoms with van der Waals surface area (Å²) in [6, 6.07) is 0. The second kappa shape index (κ2) is 7.10. The highest BCUT2D eigenvalue weighted by Crippen LogP contribution is 2.23. The van der Waals surface area contributed by atoms with Crippen LogP contribution in [0.15, 0.2) is 12.7 Å². The molecule has 0 aliphatic rings. The van der Waals surface area contributed by atoms with E-state index in [9.17, 15) is 0 Å². The molecule has 0 aliphatic heterocycles. The Balaban J connectivity index is 3.63. The molecule has 0 saturated heterocycles. The van der Waals surface area contributed by atoms with Gasteiger partial charge in [0.15, 0.2) is 0 Å². The van der Waals surface area contributed by atoms with Crippen molar-refractivity contribution in [3.05, 3.63) is 12.7 Å². The zero-order chi connectivity index (χ0) is 10.2. The average Bonchev–Trinajstić information content (AvgIpc) is 2.13. The predicted octanol–water partition coefficient (Wildman–Crippen LogP) is 2.21. The second-order valence-corrected chi connectivity index (χ2v) is 3.69. The minimum absolute atomic E-state index is 0.214. The Morgan fingerprint density at radius 1 is 1.54 bits per heavy atom. The van der Waals surface area contributed by atoms with E-state index in [-0.39, 0.29) is 5.41 Å². The number of ether oxygens (including phenoxy) is 1. The van der Waals surface area contributed by atoms with E-state index in [1.54, 1.807) is 0 Å². The number of hydrogen-bond acceptors (Lipinski definition) is 2. The molecule has 1 atom stereocenters. The first kappa shape index (κ1) is 12.7. The van der Waals surface area contributed by atoms with Crippen LogP contribution in [0, 0.1) is 5.41 Å². The normalized spacial score (nSPS) is 15.3. The fourth-order valence-electron chi connectivity index (χ4n) is 1.39. The molecular weight excluding hydrogens is 162 g/mol. The molecule has 0 rings (SSSR count). The second-order valence-electron chi connectivity index (χ2n) is 3.69. The molecule has 2 heteroatoms. The summed E-state index contributed by atoms with van der Waals surface area (Å²) in [4.78, 5) is 0. The Morgan fingerprint density at radius 2 is 2.23 bits per heavy atom. The van der Waals surface area contributed by atoms with Crippen LogP contribution >= 0.6 is 0 Å². The van der Waals surface area contributed by atoms with Crippen molar-refractivity contribution in [3.8, 4) is 0 Å². The van der Waals surface area contributed by atoms with E-state index in [1.807, 2.05) is 20.0 Å². The van der Waals surface area contributed by atoms with Gasteiger partial charge in [-0.3, -0.25) is 0 Å². The van der Waals surface area contributed by atoms with Gasteiger partial charge in [-0.05, 0) is 32.2 Å². The van der Waals surface area contributed by atoms with E-state index < -0.39 is 0 Å². The van der Waals surface area contributed by atoms with Gasteiger partial charge in [-0.2, -0.15) is 0 Å². The maximum atomic E-state index is 5.30. The smallest absolute Gasteiger partial charge is 0.0466 e. The molecule has 1 N–H and O–H groups in total. The number of nitrogens with one attached hydrogen (secondary N) is 1. The van der Waals surface area contributed by atoms with E-state index >= 15 is 0 Å². The molecule has 1 unspecified atom stereocenters. The van der Waals surface area contributed by atoms with Crippen LogP contribution in [0.2, 0.25) is 0 Å². The van der Waals surface area contributed by atoms with Crippen molar-refractivity contribution in [2.45, 2.75) is 26.7 Å². The van der Waals surface area contributed by atoms with E-state index in [0.717, 1.165) is 32.6 Å². The van der Waals surface area contributed by atoms with Gasteiger partial charge in [0.05, 0.1) is 0 Å². The molecule has 0 spiro atoms. The first-order chi connectivity index (χ1) is 6.18. The van der Waals surface area contributed by atoms with Gasteiger partial charge in [-0.15, -0.1) is 6.58 Å². The van der Waals surface area contributed by atoms with Gasteiger partial charge >= 0.3 is 0 Å². The minimum atomic E-state index is 0.214. The first-order valence-corrected chi connectivity index (χ1v) is 5.04. The lowest BCUT2D eigenvalue weighted by atomic mass is 9.86. The number of rotatable bonds is 8. The van der Waals surface area contributed by atoms with Gasteiger partial charge in [-0.25, -0.2) is 0 Å². The quantitative estimate of drug-likeness (QED) is 0.462. The van der Waals surface area contributed by atoms with Gasteiger partial charge in [0.2, 0.25) is 0 Å². The molecule has 0 amide bonds. The van der Waals surface area contributed by atoms with E-state index in [4.69, 9.17) is 4.74 Å². The fourth-order valence-corrected chi connectivity index (χ4v) is 1.39. The first-order valence-electron chi connectivity index (χ1n) is 5.04. The fraction of sp³-hybridized carbons (Fsp3) is 0.818. The summed E-state index contributed by atoms with van der Waals surface area (Å²) in [6.45, 7) is 10.8. The Morgan fingerprint density at radius 3 is 2.69 bits per heavy atom. The van der Waals surface area contributed by atoms with Crippen molar-refractivity contribution in [2.75, 3.05) is 26.8 Å². The minimum Gasteiger partial charge on any atom is -0.382 e. The maximum Gasteiger partial charge on any atom is 0.0466 e. The zero-order valence-corrected chi connectivity index (χ0v) is 9.23.